The second kappa shape index (κ2) is 8.58. The van der Waals surface area contributed by atoms with E-state index in [9.17, 15) is 9.59 Å². The molecule has 1 heterocycles. The average Bonchev–Trinajstić information content (AvgIpc) is 2.93. The fourth-order valence-corrected chi connectivity index (χ4v) is 2.85. The first kappa shape index (κ1) is 18.9. The minimum atomic E-state index is -0.578. The molecule has 6 nitrogen and oxygen atoms in total. The van der Waals surface area contributed by atoms with Crippen molar-refractivity contribution in [3.63, 3.8) is 0 Å². The zero-order chi connectivity index (χ0) is 18.4. The van der Waals surface area contributed by atoms with Crippen LogP contribution < -0.4 is 5.32 Å². The molecular formula is C19H26N4O2. The number of hydrogen-bond donors (Lipinski definition) is 1. The number of hydrogen-bond acceptors (Lipinski definition) is 4. The van der Waals surface area contributed by atoms with E-state index in [0.29, 0.717) is 23.5 Å². The Morgan fingerprint density at radius 3 is 2.36 bits per heavy atom. The molecule has 0 bridgehead atoms. The fourth-order valence-electron chi connectivity index (χ4n) is 2.85. The number of ketones is 1. The topological polar surface area (TPSA) is 67.2 Å². The van der Waals surface area contributed by atoms with Gasteiger partial charge in [0.25, 0.3) is 11.7 Å². The van der Waals surface area contributed by atoms with Gasteiger partial charge in [0.05, 0.1) is 22.6 Å². The lowest BCUT2D eigenvalue weighted by molar-refractivity contribution is -0.117. The fraction of sp³-hybridized carbons (Fsp3) is 0.421. The molecule has 0 saturated heterocycles. The number of para-hydroxylation sites is 1. The molecular weight excluding hydrogens is 316 g/mol. The number of carbonyl (C=O) groups excluding carboxylic acids is 2. The molecule has 6 heteroatoms. The number of carbonyl (C=O) groups is 2. The van der Waals surface area contributed by atoms with Crippen molar-refractivity contribution < 1.29 is 9.59 Å². The van der Waals surface area contributed by atoms with E-state index in [2.05, 4.69) is 29.2 Å². The number of amides is 1. The van der Waals surface area contributed by atoms with Gasteiger partial charge in [-0.05, 0) is 39.1 Å². The summed E-state index contributed by atoms with van der Waals surface area (Å²) in [7, 11) is 0. The summed E-state index contributed by atoms with van der Waals surface area (Å²) in [4.78, 5) is 27.0. The zero-order valence-corrected chi connectivity index (χ0v) is 15.4. The number of likely N-dealkylation sites (N-methyl/N-ethyl adjacent to an activating group) is 1. The summed E-state index contributed by atoms with van der Waals surface area (Å²) in [6, 6.07) is 9.57. The van der Waals surface area contributed by atoms with Gasteiger partial charge in [-0.25, -0.2) is 4.68 Å². The van der Waals surface area contributed by atoms with Crippen LogP contribution in [-0.4, -0.2) is 52.5 Å². The summed E-state index contributed by atoms with van der Waals surface area (Å²) >= 11 is 0. The van der Waals surface area contributed by atoms with Gasteiger partial charge in [-0.2, -0.15) is 5.10 Å². The Morgan fingerprint density at radius 1 is 1.12 bits per heavy atom. The van der Waals surface area contributed by atoms with Crippen molar-refractivity contribution in [1.29, 1.82) is 0 Å². The maximum Gasteiger partial charge on any atom is 0.292 e. The van der Waals surface area contributed by atoms with Crippen molar-refractivity contribution in [2.24, 2.45) is 0 Å². The number of aryl methyl sites for hydroxylation is 1. The molecule has 0 unspecified atom stereocenters. The summed E-state index contributed by atoms with van der Waals surface area (Å²) in [5, 5.41) is 7.14. The van der Waals surface area contributed by atoms with Crippen molar-refractivity contribution in [2.75, 3.05) is 26.2 Å². The molecule has 2 rings (SSSR count). The molecule has 0 fully saturated rings. The summed E-state index contributed by atoms with van der Waals surface area (Å²) in [5.74, 6) is -1.11. The zero-order valence-electron chi connectivity index (χ0n) is 15.4. The molecule has 0 spiro atoms. The Kier molecular flexibility index (Phi) is 6.47. The highest BCUT2D eigenvalue weighted by atomic mass is 16.2. The van der Waals surface area contributed by atoms with Gasteiger partial charge in [-0.15, -0.1) is 0 Å². The highest BCUT2D eigenvalue weighted by Crippen LogP contribution is 2.18. The molecule has 25 heavy (non-hydrogen) atoms. The second-order valence-electron chi connectivity index (χ2n) is 5.91. The van der Waals surface area contributed by atoms with Gasteiger partial charge in [0.15, 0.2) is 0 Å². The number of nitrogens with one attached hydrogen (secondary N) is 1. The van der Waals surface area contributed by atoms with Gasteiger partial charge < -0.3 is 10.2 Å². The molecule has 0 aliphatic heterocycles. The SMILES string of the molecule is CCN(CC)CCNC(=O)C(=O)c1c(C)nn(-c2ccccc2)c1C. The second-order valence-corrected chi connectivity index (χ2v) is 5.91. The summed E-state index contributed by atoms with van der Waals surface area (Å²) in [6.45, 7) is 10.7. The minimum absolute atomic E-state index is 0.379. The maximum atomic E-state index is 12.6. The van der Waals surface area contributed by atoms with Crippen molar-refractivity contribution >= 4 is 11.7 Å². The van der Waals surface area contributed by atoms with Crippen LogP contribution in [0.5, 0.6) is 0 Å². The first-order valence-corrected chi connectivity index (χ1v) is 8.66. The largest absolute Gasteiger partial charge is 0.348 e. The van der Waals surface area contributed by atoms with Crippen molar-refractivity contribution in [2.45, 2.75) is 27.7 Å². The Labute approximate surface area is 148 Å². The predicted octanol–water partition coefficient (Wildman–Crippen LogP) is 2.13. The van der Waals surface area contributed by atoms with Crippen LogP contribution >= 0.6 is 0 Å². The Bertz CT molecular complexity index is 733. The Morgan fingerprint density at radius 2 is 1.76 bits per heavy atom. The van der Waals surface area contributed by atoms with E-state index < -0.39 is 11.7 Å². The van der Waals surface area contributed by atoms with E-state index in [4.69, 9.17) is 0 Å². The Hall–Kier alpha value is -2.47. The van der Waals surface area contributed by atoms with Crippen LogP contribution in [0.1, 0.15) is 35.6 Å². The predicted molar refractivity (Wildman–Crippen MR) is 98.2 cm³/mol. The van der Waals surface area contributed by atoms with Gasteiger partial charge in [-0.3, -0.25) is 9.59 Å². The molecule has 0 saturated carbocycles. The third kappa shape index (κ3) is 4.33. The molecule has 134 valence electrons. The lowest BCUT2D eigenvalue weighted by Gasteiger charge is -2.17. The normalized spacial score (nSPS) is 10.9. The van der Waals surface area contributed by atoms with Crippen molar-refractivity contribution in [3.8, 4) is 5.69 Å². The third-order valence-corrected chi connectivity index (χ3v) is 4.33. The monoisotopic (exact) mass is 342 g/mol. The van der Waals surface area contributed by atoms with Crippen LogP contribution in [0.3, 0.4) is 0 Å². The number of benzene rings is 1. The quantitative estimate of drug-likeness (QED) is 0.589. The van der Waals surface area contributed by atoms with E-state index in [1.165, 1.54) is 0 Å². The number of aromatic nitrogens is 2. The van der Waals surface area contributed by atoms with E-state index in [-0.39, 0.29) is 0 Å². The van der Waals surface area contributed by atoms with Gasteiger partial charge in [-0.1, -0.05) is 32.0 Å². The molecule has 2 aromatic rings. The van der Waals surface area contributed by atoms with E-state index in [1.54, 1.807) is 11.6 Å². The Balaban J connectivity index is 2.12. The minimum Gasteiger partial charge on any atom is -0.348 e. The molecule has 1 amide bonds. The van der Waals surface area contributed by atoms with Crippen LogP contribution in [0.4, 0.5) is 0 Å². The molecule has 1 aromatic carbocycles. The molecule has 1 N–H and O–H groups in total. The van der Waals surface area contributed by atoms with Gasteiger partial charge in [0.2, 0.25) is 0 Å². The third-order valence-electron chi connectivity index (χ3n) is 4.33. The molecule has 0 radical (unpaired) electrons. The smallest absolute Gasteiger partial charge is 0.292 e. The molecule has 0 aliphatic rings. The van der Waals surface area contributed by atoms with E-state index in [1.807, 2.05) is 37.3 Å². The van der Waals surface area contributed by atoms with E-state index in [0.717, 1.165) is 25.3 Å². The van der Waals surface area contributed by atoms with Gasteiger partial charge in [0.1, 0.15) is 0 Å². The first-order chi connectivity index (χ1) is 12.0. The van der Waals surface area contributed by atoms with Crippen molar-refractivity contribution in [1.82, 2.24) is 20.0 Å². The summed E-state index contributed by atoms with van der Waals surface area (Å²) in [6.07, 6.45) is 0. The van der Waals surface area contributed by atoms with Crippen LogP contribution in [0.2, 0.25) is 0 Å². The lowest BCUT2D eigenvalue weighted by atomic mass is 10.1. The number of nitrogens with zero attached hydrogens (tertiary/aromatic N) is 3. The molecule has 0 atom stereocenters. The number of Topliss-reactive ketones (excluding diaryl/α,β-unsaturated/α-hetero) is 1. The highest BCUT2D eigenvalue weighted by Gasteiger charge is 2.24. The van der Waals surface area contributed by atoms with Crippen LogP contribution in [0.25, 0.3) is 5.69 Å². The number of rotatable bonds is 8. The highest BCUT2D eigenvalue weighted by molar-refractivity contribution is 6.43. The van der Waals surface area contributed by atoms with E-state index >= 15 is 0 Å². The summed E-state index contributed by atoms with van der Waals surface area (Å²) < 4.78 is 1.70. The summed E-state index contributed by atoms with van der Waals surface area (Å²) in [5.41, 5.74) is 2.48. The van der Waals surface area contributed by atoms with Crippen molar-refractivity contribution in [3.05, 3.63) is 47.3 Å². The maximum absolute atomic E-state index is 12.6. The average molecular weight is 342 g/mol. The van der Waals surface area contributed by atoms with Gasteiger partial charge >= 0.3 is 0 Å². The standard InChI is InChI=1S/C19H26N4O2/c1-5-22(6-2)13-12-20-19(25)18(24)17-14(3)21-23(15(17)4)16-10-8-7-9-11-16/h7-11H,5-6,12-13H2,1-4H3,(H,20,25). The molecule has 1 aromatic heterocycles. The van der Waals surface area contributed by atoms with Crippen LogP contribution in [0, 0.1) is 13.8 Å². The van der Waals surface area contributed by atoms with Gasteiger partial charge in [0, 0.05) is 13.1 Å². The van der Waals surface area contributed by atoms with Crippen LogP contribution in [-0.2, 0) is 4.79 Å². The first-order valence-electron chi connectivity index (χ1n) is 8.66. The van der Waals surface area contributed by atoms with Crippen LogP contribution in [0.15, 0.2) is 30.3 Å². The lowest BCUT2D eigenvalue weighted by Crippen LogP contribution is -2.38. The molecule has 0 aliphatic carbocycles.